The Bertz CT molecular complexity index is 328. The van der Waals surface area contributed by atoms with Crippen molar-refractivity contribution >= 4 is 11.5 Å². The fraction of sp³-hybridized carbons (Fsp3) is 0.615. The molecule has 1 atom stereocenters. The molecule has 96 valence electrons. The highest BCUT2D eigenvalue weighted by atomic mass is 16.3. The fourth-order valence-corrected chi connectivity index (χ4v) is 1.51. The van der Waals surface area contributed by atoms with Crippen molar-refractivity contribution in [2.75, 3.05) is 23.8 Å². The first-order valence-corrected chi connectivity index (χ1v) is 6.24. The first-order chi connectivity index (χ1) is 8.17. The summed E-state index contributed by atoms with van der Waals surface area (Å²) in [5, 5.41) is 15.8. The lowest BCUT2D eigenvalue weighted by molar-refractivity contribution is 0.249. The number of pyridine rings is 1. The summed E-state index contributed by atoms with van der Waals surface area (Å²) in [6.07, 6.45) is 2.85. The molecular weight excluding hydrogens is 214 g/mol. The van der Waals surface area contributed by atoms with E-state index in [1.807, 2.05) is 12.1 Å². The Labute approximate surface area is 103 Å². The van der Waals surface area contributed by atoms with Crippen LogP contribution in [0.1, 0.15) is 27.2 Å². The summed E-state index contributed by atoms with van der Waals surface area (Å²) < 4.78 is 0. The first-order valence-electron chi connectivity index (χ1n) is 6.24. The van der Waals surface area contributed by atoms with E-state index in [1.165, 1.54) is 0 Å². The Kier molecular flexibility index (Phi) is 5.77. The van der Waals surface area contributed by atoms with Crippen LogP contribution in [0.2, 0.25) is 0 Å². The molecule has 3 N–H and O–H groups in total. The Balaban J connectivity index is 2.64. The average molecular weight is 237 g/mol. The minimum Gasteiger partial charge on any atom is -0.394 e. The highest BCUT2D eigenvalue weighted by Crippen LogP contribution is 2.15. The zero-order valence-electron chi connectivity index (χ0n) is 10.9. The van der Waals surface area contributed by atoms with Gasteiger partial charge in [0.25, 0.3) is 0 Å². The molecule has 0 aliphatic heterocycles. The molecule has 0 amide bonds. The van der Waals surface area contributed by atoms with Crippen LogP contribution < -0.4 is 10.6 Å². The third-order valence-corrected chi connectivity index (χ3v) is 2.67. The molecule has 4 nitrogen and oxygen atoms in total. The van der Waals surface area contributed by atoms with Crippen molar-refractivity contribution < 1.29 is 5.11 Å². The Morgan fingerprint density at radius 2 is 2.18 bits per heavy atom. The van der Waals surface area contributed by atoms with Crippen LogP contribution in [-0.2, 0) is 0 Å². The molecule has 0 aliphatic rings. The van der Waals surface area contributed by atoms with Crippen LogP contribution in [0.5, 0.6) is 0 Å². The van der Waals surface area contributed by atoms with Crippen LogP contribution in [-0.4, -0.2) is 29.3 Å². The zero-order valence-corrected chi connectivity index (χ0v) is 10.9. The van der Waals surface area contributed by atoms with E-state index in [0.29, 0.717) is 5.92 Å². The van der Waals surface area contributed by atoms with Gasteiger partial charge < -0.3 is 15.7 Å². The van der Waals surface area contributed by atoms with Crippen LogP contribution in [0.3, 0.4) is 0 Å². The average Bonchev–Trinajstić information content (AvgIpc) is 2.33. The fourth-order valence-electron chi connectivity index (χ4n) is 1.51. The highest BCUT2D eigenvalue weighted by Gasteiger charge is 2.11. The van der Waals surface area contributed by atoms with Gasteiger partial charge in [-0.1, -0.05) is 20.8 Å². The number of hydrogen-bond donors (Lipinski definition) is 3. The molecule has 0 aromatic carbocycles. The molecule has 1 aromatic rings. The number of nitrogens with one attached hydrogen (secondary N) is 2. The molecular formula is C13H23N3O. The topological polar surface area (TPSA) is 57.2 Å². The van der Waals surface area contributed by atoms with Crippen LogP contribution in [0.15, 0.2) is 18.3 Å². The van der Waals surface area contributed by atoms with Crippen molar-refractivity contribution in [1.82, 2.24) is 4.98 Å². The lowest BCUT2D eigenvalue weighted by Gasteiger charge is -2.21. The molecule has 0 radical (unpaired) electrons. The number of rotatable bonds is 7. The van der Waals surface area contributed by atoms with Gasteiger partial charge in [-0.05, 0) is 18.4 Å². The van der Waals surface area contributed by atoms with E-state index < -0.39 is 0 Å². The molecule has 0 saturated heterocycles. The van der Waals surface area contributed by atoms with Crippen molar-refractivity contribution in [3.05, 3.63) is 18.3 Å². The lowest BCUT2D eigenvalue weighted by Crippen LogP contribution is -2.29. The van der Waals surface area contributed by atoms with E-state index in [-0.39, 0.29) is 12.6 Å². The predicted octanol–water partition coefficient (Wildman–Crippen LogP) is 2.33. The van der Waals surface area contributed by atoms with Gasteiger partial charge in [-0.15, -0.1) is 0 Å². The molecule has 0 fully saturated rings. The minimum absolute atomic E-state index is 0.0800. The molecule has 0 saturated carbocycles. The SMILES string of the molecule is CCCNc1cc(NC(CO)C(C)C)ccn1. The van der Waals surface area contributed by atoms with Gasteiger partial charge in [-0.25, -0.2) is 4.98 Å². The molecule has 1 heterocycles. The van der Waals surface area contributed by atoms with E-state index in [9.17, 15) is 5.11 Å². The maximum atomic E-state index is 9.27. The summed E-state index contributed by atoms with van der Waals surface area (Å²) in [7, 11) is 0. The summed E-state index contributed by atoms with van der Waals surface area (Å²) in [4.78, 5) is 4.24. The van der Waals surface area contributed by atoms with Gasteiger partial charge >= 0.3 is 0 Å². The number of nitrogens with zero attached hydrogens (tertiary/aromatic N) is 1. The van der Waals surface area contributed by atoms with E-state index in [1.54, 1.807) is 6.20 Å². The Hall–Kier alpha value is -1.29. The molecule has 4 heteroatoms. The molecule has 1 rings (SSSR count). The largest absolute Gasteiger partial charge is 0.394 e. The van der Waals surface area contributed by atoms with Crippen molar-refractivity contribution in [2.45, 2.75) is 33.2 Å². The van der Waals surface area contributed by atoms with Crippen molar-refractivity contribution in [3.63, 3.8) is 0 Å². The lowest BCUT2D eigenvalue weighted by atomic mass is 10.1. The van der Waals surface area contributed by atoms with Crippen molar-refractivity contribution in [3.8, 4) is 0 Å². The smallest absolute Gasteiger partial charge is 0.127 e. The zero-order chi connectivity index (χ0) is 12.7. The Morgan fingerprint density at radius 3 is 2.76 bits per heavy atom. The summed E-state index contributed by atoms with van der Waals surface area (Å²) in [6.45, 7) is 7.36. The van der Waals surface area contributed by atoms with Crippen LogP contribution in [0, 0.1) is 5.92 Å². The maximum absolute atomic E-state index is 9.27. The normalized spacial score (nSPS) is 12.5. The van der Waals surface area contributed by atoms with E-state index in [2.05, 4.69) is 36.4 Å². The van der Waals surface area contributed by atoms with Gasteiger partial charge in [0, 0.05) is 24.5 Å². The monoisotopic (exact) mass is 237 g/mol. The second kappa shape index (κ2) is 7.12. The quantitative estimate of drug-likeness (QED) is 0.681. The second-order valence-electron chi connectivity index (χ2n) is 4.53. The van der Waals surface area contributed by atoms with Gasteiger partial charge in [0.15, 0.2) is 0 Å². The van der Waals surface area contributed by atoms with E-state index in [0.717, 1.165) is 24.5 Å². The van der Waals surface area contributed by atoms with Gasteiger partial charge in [-0.2, -0.15) is 0 Å². The minimum atomic E-state index is 0.0800. The maximum Gasteiger partial charge on any atom is 0.127 e. The van der Waals surface area contributed by atoms with Gasteiger partial charge in [0.1, 0.15) is 5.82 Å². The molecule has 0 spiro atoms. The summed E-state index contributed by atoms with van der Waals surface area (Å²) >= 11 is 0. The second-order valence-corrected chi connectivity index (χ2v) is 4.53. The summed E-state index contributed by atoms with van der Waals surface area (Å²) in [5.74, 6) is 1.26. The van der Waals surface area contributed by atoms with E-state index in [4.69, 9.17) is 0 Å². The number of aromatic nitrogens is 1. The van der Waals surface area contributed by atoms with E-state index >= 15 is 0 Å². The number of anilines is 2. The third-order valence-electron chi connectivity index (χ3n) is 2.67. The molecule has 0 bridgehead atoms. The van der Waals surface area contributed by atoms with Crippen molar-refractivity contribution in [2.24, 2.45) is 5.92 Å². The Morgan fingerprint density at radius 1 is 1.41 bits per heavy atom. The van der Waals surface area contributed by atoms with Gasteiger partial charge in [0.2, 0.25) is 0 Å². The number of aliphatic hydroxyl groups excluding tert-OH is 1. The van der Waals surface area contributed by atoms with Crippen LogP contribution >= 0.6 is 0 Å². The molecule has 0 aliphatic carbocycles. The first kappa shape index (κ1) is 13.8. The summed E-state index contributed by atoms with van der Waals surface area (Å²) in [6, 6.07) is 3.97. The molecule has 1 unspecified atom stereocenters. The molecule has 17 heavy (non-hydrogen) atoms. The number of hydrogen-bond acceptors (Lipinski definition) is 4. The standard InChI is InChI=1S/C13H23N3O/c1-4-6-14-13-8-11(5-7-15-13)16-12(9-17)10(2)3/h5,7-8,10,12,17H,4,6,9H2,1-3H3,(H2,14,15,16). The van der Waals surface area contributed by atoms with Gasteiger partial charge in [0.05, 0.1) is 12.6 Å². The summed E-state index contributed by atoms with van der Waals surface area (Å²) in [5.41, 5.74) is 0.992. The van der Waals surface area contributed by atoms with Crippen LogP contribution in [0.4, 0.5) is 11.5 Å². The number of aliphatic hydroxyl groups is 1. The van der Waals surface area contributed by atoms with Gasteiger partial charge in [-0.3, -0.25) is 0 Å². The highest BCUT2D eigenvalue weighted by molar-refractivity contribution is 5.52. The van der Waals surface area contributed by atoms with Crippen molar-refractivity contribution in [1.29, 1.82) is 0 Å². The molecule has 1 aromatic heterocycles. The third kappa shape index (κ3) is 4.61. The van der Waals surface area contributed by atoms with Crippen LogP contribution in [0.25, 0.3) is 0 Å². The predicted molar refractivity (Wildman–Crippen MR) is 72.4 cm³/mol.